The number of ether oxygens (including phenoxy) is 1. The Morgan fingerprint density at radius 2 is 1.65 bits per heavy atom. The molecular formula is C11H16F5NO3. The number of esters is 1. The highest BCUT2D eigenvalue weighted by molar-refractivity contribution is 5.89. The van der Waals surface area contributed by atoms with Crippen molar-refractivity contribution in [1.82, 2.24) is 5.32 Å². The summed E-state index contributed by atoms with van der Waals surface area (Å²) in [4.78, 5) is 22.5. The van der Waals surface area contributed by atoms with Crippen LogP contribution in [0.4, 0.5) is 22.0 Å². The van der Waals surface area contributed by atoms with Gasteiger partial charge in [0, 0.05) is 0 Å². The molecular weight excluding hydrogens is 289 g/mol. The van der Waals surface area contributed by atoms with Crippen LogP contribution in [-0.4, -0.2) is 36.1 Å². The summed E-state index contributed by atoms with van der Waals surface area (Å²) in [5.41, 5.74) is 0. The Kier molecular flexibility index (Phi) is 6.36. The van der Waals surface area contributed by atoms with Crippen molar-refractivity contribution < 1.29 is 36.3 Å². The number of hydrogen-bond acceptors (Lipinski definition) is 3. The molecule has 1 atom stereocenters. The van der Waals surface area contributed by atoms with Crippen molar-refractivity contribution in [2.45, 2.75) is 57.9 Å². The van der Waals surface area contributed by atoms with E-state index in [1.807, 2.05) is 0 Å². The van der Waals surface area contributed by atoms with E-state index in [4.69, 9.17) is 0 Å². The zero-order valence-corrected chi connectivity index (χ0v) is 11.2. The van der Waals surface area contributed by atoms with Crippen LogP contribution >= 0.6 is 0 Å². The third-order valence-corrected chi connectivity index (χ3v) is 2.16. The number of amides is 1. The van der Waals surface area contributed by atoms with Gasteiger partial charge in [0.15, 0.2) is 0 Å². The fraction of sp³-hybridized carbons (Fsp3) is 0.818. The Labute approximate surface area is 112 Å². The summed E-state index contributed by atoms with van der Waals surface area (Å²) in [5.74, 6) is -9.17. The fourth-order valence-corrected chi connectivity index (χ4v) is 1.23. The second-order valence-electron chi connectivity index (χ2n) is 4.37. The number of carbonyl (C=O) groups excluding carboxylic acids is 2. The van der Waals surface area contributed by atoms with E-state index in [9.17, 15) is 31.5 Å². The summed E-state index contributed by atoms with van der Waals surface area (Å²) in [6.07, 6.45) is -6.42. The third-order valence-electron chi connectivity index (χ3n) is 2.16. The van der Waals surface area contributed by atoms with Gasteiger partial charge in [-0.3, -0.25) is 4.79 Å². The Hall–Kier alpha value is -1.41. The highest BCUT2D eigenvalue weighted by Gasteiger charge is 2.63. The van der Waals surface area contributed by atoms with Crippen LogP contribution in [0.5, 0.6) is 0 Å². The molecule has 0 aliphatic heterocycles. The summed E-state index contributed by atoms with van der Waals surface area (Å²) in [7, 11) is 0. The lowest BCUT2D eigenvalue weighted by atomic mass is 10.1. The molecule has 0 rings (SSSR count). The van der Waals surface area contributed by atoms with Crippen LogP contribution in [0.25, 0.3) is 0 Å². The number of halogens is 5. The Bertz CT molecular complexity index is 354. The number of nitrogens with one attached hydrogen (secondary N) is 1. The lowest BCUT2D eigenvalue weighted by Crippen LogP contribution is -2.55. The lowest BCUT2D eigenvalue weighted by molar-refractivity contribution is -0.270. The molecule has 0 aromatic heterocycles. The molecule has 0 saturated carbocycles. The van der Waals surface area contributed by atoms with Gasteiger partial charge in [-0.15, -0.1) is 0 Å². The molecule has 0 spiro atoms. The Morgan fingerprint density at radius 3 is 2.00 bits per heavy atom. The molecule has 0 aliphatic carbocycles. The summed E-state index contributed by atoms with van der Waals surface area (Å²) >= 11 is 0. The molecule has 0 fully saturated rings. The topological polar surface area (TPSA) is 55.4 Å². The van der Waals surface area contributed by atoms with E-state index >= 15 is 0 Å². The van der Waals surface area contributed by atoms with Crippen LogP contribution < -0.4 is 5.32 Å². The highest BCUT2D eigenvalue weighted by atomic mass is 19.4. The molecule has 0 unspecified atom stereocenters. The summed E-state index contributed by atoms with van der Waals surface area (Å²) in [6.45, 7) is 4.53. The van der Waals surface area contributed by atoms with Crippen molar-refractivity contribution in [3.05, 3.63) is 0 Å². The normalized spacial score (nSPS) is 14.1. The van der Waals surface area contributed by atoms with Crippen molar-refractivity contribution in [1.29, 1.82) is 0 Å². The third kappa shape index (κ3) is 4.93. The summed E-state index contributed by atoms with van der Waals surface area (Å²) in [5, 5.41) is 1.39. The van der Waals surface area contributed by atoms with Crippen LogP contribution in [0.1, 0.15) is 33.6 Å². The molecule has 0 radical (unpaired) electrons. The van der Waals surface area contributed by atoms with Gasteiger partial charge in [0.2, 0.25) is 0 Å². The van der Waals surface area contributed by atoms with Crippen LogP contribution in [0.2, 0.25) is 0 Å². The van der Waals surface area contributed by atoms with Gasteiger partial charge in [-0.05, 0) is 20.3 Å². The minimum Gasteiger partial charge on any atom is -0.461 e. The standard InChI is InChI=1S/C11H16F5NO3/c1-4-5-7(8(18)20-6(2)3)17-9(19)10(12,13)11(14,15)16/h6-7H,4-5H2,1-3H3,(H,17,19)/t7-/m0/s1. The van der Waals surface area contributed by atoms with Crippen LogP contribution in [0, 0.1) is 0 Å². The van der Waals surface area contributed by atoms with Crippen molar-refractivity contribution in [3.63, 3.8) is 0 Å². The SMILES string of the molecule is CCC[C@H](NC(=O)C(F)(F)C(F)(F)F)C(=O)OC(C)C. The quantitative estimate of drug-likeness (QED) is 0.605. The van der Waals surface area contributed by atoms with Crippen LogP contribution in [0.15, 0.2) is 0 Å². The first-order valence-electron chi connectivity index (χ1n) is 5.89. The largest absolute Gasteiger partial charge is 0.463 e. The van der Waals surface area contributed by atoms with Gasteiger partial charge < -0.3 is 10.1 Å². The van der Waals surface area contributed by atoms with Crippen molar-refractivity contribution in [2.75, 3.05) is 0 Å². The molecule has 0 aromatic carbocycles. The smallest absolute Gasteiger partial charge is 0.461 e. The van der Waals surface area contributed by atoms with E-state index in [1.165, 1.54) is 19.2 Å². The van der Waals surface area contributed by atoms with Gasteiger partial charge in [-0.1, -0.05) is 13.3 Å². The molecule has 0 aliphatic rings. The minimum atomic E-state index is -6.02. The molecule has 0 heterocycles. The van der Waals surface area contributed by atoms with E-state index < -0.39 is 36.1 Å². The van der Waals surface area contributed by atoms with Crippen LogP contribution in [0.3, 0.4) is 0 Å². The van der Waals surface area contributed by atoms with Gasteiger partial charge in [0.1, 0.15) is 6.04 Å². The molecule has 20 heavy (non-hydrogen) atoms. The molecule has 0 saturated heterocycles. The van der Waals surface area contributed by atoms with E-state index in [0.29, 0.717) is 0 Å². The zero-order valence-electron chi connectivity index (χ0n) is 11.2. The van der Waals surface area contributed by atoms with Crippen molar-refractivity contribution in [2.24, 2.45) is 0 Å². The van der Waals surface area contributed by atoms with E-state index in [0.717, 1.165) is 0 Å². The average molecular weight is 305 g/mol. The molecule has 1 N–H and O–H groups in total. The fourth-order valence-electron chi connectivity index (χ4n) is 1.23. The predicted molar refractivity (Wildman–Crippen MR) is 59.1 cm³/mol. The maximum absolute atomic E-state index is 12.8. The number of carbonyl (C=O) groups is 2. The molecule has 0 aromatic rings. The van der Waals surface area contributed by atoms with Crippen molar-refractivity contribution in [3.8, 4) is 0 Å². The Balaban J connectivity index is 4.92. The average Bonchev–Trinajstić information content (AvgIpc) is 2.25. The van der Waals surface area contributed by atoms with E-state index in [1.54, 1.807) is 6.92 Å². The van der Waals surface area contributed by atoms with Gasteiger partial charge in [0.05, 0.1) is 6.10 Å². The van der Waals surface area contributed by atoms with E-state index in [2.05, 4.69) is 4.74 Å². The van der Waals surface area contributed by atoms with Crippen LogP contribution in [-0.2, 0) is 14.3 Å². The Morgan fingerprint density at radius 1 is 1.15 bits per heavy atom. The maximum Gasteiger partial charge on any atom is 0.463 e. The molecule has 0 bridgehead atoms. The lowest BCUT2D eigenvalue weighted by Gasteiger charge is -2.23. The van der Waals surface area contributed by atoms with Gasteiger partial charge in [-0.2, -0.15) is 22.0 Å². The molecule has 1 amide bonds. The highest BCUT2D eigenvalue weighted by Crippen LogP contribution is 2.35. The molecule has 9 heteroatoms. The second kappa shape index (κ2) is 6.85. The summed E-state index contributed by atoms with van der Waals surface area (Å²) in [6, 6.07) is -1.54. The first kappa shape index (κ1) is 18.6. The van der Waals surface area contributed by atoms with Gasteiger partial charge in [-0.25, -0.2) is 4.79 Å². The van der Waals surface area contributed by atoms with Gasteiger partial charge in [0.25, 0.3) is 0 Å². The molecule has 4 nitrogen and oxygen atoms in total. The second-order valence-corrected chi connectivity index (χ2v) is 4.37. The predicted octanol–water partition coefficient (Wildman–Crippen LogP) is 2.42. The zero-order chi connectivity index (χ0) is 16.1. The monoisotopic (exact) mass is 305 g/mol. The number of rotatable bonds is 6. The van der Waals surface area contributed by atoms with E-state index in [-0.39, 0.29) is 12.8 Å². The maximum atomic E-state index is 12.8. The van der Waals surface area contributed by atoms with Crippen molar-refractivity contribution >= 4 is 11.9 Å². The number of hydrogen-bond donors (Lipinski definition) is 1. The minimum absolute atomic E-state index is 0.106. The molecule has 118 valence electrons. The first-order valence-corrected chi connectivity index (χ1v) is 5.89. The first-order chi connectivity index (χ1) is 8.93. The van der Waals surface area contributed by atoms with Gasteiger partial charge >= 0.3 is 24.0 Å². The number of alkyl halides is 5. The summed E-state index contributed by atoms with van der Waals surface area (Å²) < 4.78 is 66.2.